The lowest BCUT2D eigenvalue weighted by molar-refractivity contribution is 0.0943. The van der Waals surface area contributed by atoms with Crippen molar-refractivity contribution in [1.29, 1.82) is 0 Å². The van der Waals surface area contributed by atoms with Gasteiger partial charge in [0.15, 0.2) is 0 Å². The van der Waals surface area contributed by atoms with E-state index in [0.717, 1.165) is 5.39 Å². The first-order valence-electron chi connectivity index (χ1n) is 7.96. The van der Waals surface area contributed by atoms with E-state index in [0.29, 0.717) is 16.8 Å². The van der Waals surface area contributed by atoms with Crippen LogP contribution in [-0.2, 0) is 0 Å². The van der Waals surface area contributed by atoms with Crippen molar-refractivity contribution in [2.45, 2.75) is 19.9 Å². The van der Waals surface area contributed by atoms with Gasteiger partial charge in [-0.2, -0.15) is 0 Å². The standard InChI is InChI=1S/C19H18N4O2/c1-12(2)22-18(24)14-8-10-20-16(11-14)19(25)23-15-7-3-5-13-6-4-9-21-17(13)15/h3-12H,1-2H3,(H,22,24)(H,23,25). The highest BCUT2D eigenvalue weighted by Crippen LogP contribution is 2.21. The molecular weight excluding hydrogens is 316 g/mol. The number of pyridine rings is 2. The molecule has 2 amide bonds. The zero-order chi connectivity index (χ0) is 17.8. The van der Waals surface area contributed by atoms with Gasteiger partial charge >= 0.3 is 0 Å². The number of nitrogens with one attached hydrogen (secondary N) is 2. The van der Waals surface area contributed by atoms with Crippen LogP contribution in [0.3, 0.4) is 0 Å². The summed E-state index contributed by atoms with van der Waals surface area (Å²) in [7, 11) is 0. The minimum Gasteiger partial charge on any atom is -0.350 e. The molecule has 0 radical (unpaired) electrons. The first-order chi connectivity index (χ1) is 12.0. The van der Waals surface area contributed by atoms with Crippen LogP contribution in [0.25, 0.3) is 10.9 Å². The highest BCUT2D eigenvalue weighted by Gasteiger charge is 2.14. The number of anilines is 1. The number of aromatic nitrogens is 2. The van der Waals surface area contributed by atoms with E-state index < -0.39 is 5.91 Å². The minimum atomic E-state index is -0.391. The van der Waals surface area contributed by atoms with Gasteiger partial charge in [-0.15, -0.1) is 0 Å². The van der Waals surface area contributed by atoms with Gasteiger partial charge in [-0.1, -0.05) is 18.2 Å². The SMILES string of the molecule is CC(C)NC(=O)c1ccnc(C(=O)Nc2cccc3cccnc23)c1. The topological polar surface area (TPSA) is 84.0 Å². The van der Waals surface area contributed by atoms with Crippen LogP contribution >= 0.6 is 0 Å². The number of fused-ring (bicyclic) bond motifs is 1. The normalized spacial score (nSPS) is 10.7. The van der Waals surface area contributed by atoms with E-state index in [1.807, 2.05) is 38.1 Å². The van der Waals surface area contributed by atoms with Crippen LogP contribution in [0.15, 0.2) is 54.9 Å². The Morgan fingerprint density at radius 1 is 0.960 bits per heavy atom. The largest absolute Gasteiger partial charge is 0.350 e. The van der Waals surface area contributed by atoms with Crippen molar-refractivity contribution >= 4 is 28.4 Å². The molecule has 0 atom stereocenters. The third kappa shape index (κ3) is 3.80. The average molecular weight is 334 g/mol. The van der Waals surface area contributed by atoms with E-state index >= 15 is 0 Å². The molecule has 1 aromatic carbocycles. The summed E-state index contributed by atoms with van der Waals surface area (Å²) in [6, 6.07) is 12.4. The number of hydrogen-bond acceptors (Lipinski definition) is 4. The summed E-state index contributed by atoms with van der Waals surface area (Å²) in [5, 5.41) is 6.53. The van der Waals surface area contributed by atoms with E-state index in [1.54, 1.807) is 18.3 Å². The molecule has 6 heteroatoms. The van der Waals surface area contributed by atoms with Gasteiger partial charge in [0.05, 0.1) is 11.2 Å². The van der Waals surface area contributed by atoms with Crippen LogP contribution in [0.2, 0.25) is 0 Å². The van der Waals surface area contributed by atoms with E-state index in [4.69, 9.17) is 0 Å². The van der Waals surface area contributed by atoms with Crippen LogP contribution in [0.5, 0.6) is 0 Å². The van der Waals surface area contributed by atoms with Crippen molar-refractivity contribution in [3.63, 3.8) is 0 Å². The number of nitrogens with zero attached hydrogens (tertiary/aromatic N) is 2. The average Bonchev–Trinajstić information content (AvgIpc) is 2.61. The molecule has 0 saturated carbocycles. The number of hydrogen-bond donors (Lipinski definition) is 2. The maximum Gasteiger partial charge on any atom is 0.274 e. The zero-order valence-electron chi connectivity index (χ0n) is 14.0. The fraction of sp³-hybridized carbons (Fsp3) is 0.158. The summed E-state index contributed by atoms with van der Waals surface area (Å²) in [5.74, 6) is -0.629. The van der Waals surface area contributed by atoms with Crippen molar-refractivity contribution in [2.24, 2.45) is 0 Å². The molecule has 0 unspecified atom stereocenters. The Bertz CT molecular complexity index is 932. The lowest BCUT2D eigenvalue weighted by atomic mass is 10.1. The molecule has 3 rings (SSSR count). The zero-order valence-corrected chi connectivity index (χ0v) is 14.0. The van der Waals surface area contributed by atoms with E-state index in [9.17, 15) is 9.59 Å². The second-order valence-corrected chi connectivity index (χ2v) is 5.89. The van der Waals surface area contributed by atoms with Gasteiger partial charge in [-0.05, 0) is 38.1 Å². The van der Waals surface area contributed by atoms with Crippen molar-refractivity contribution in [3.8, 4) is 0 Å². The number of para-hydroxylation sites is 1. The fourth-order valence-corrected chi connectivity index (χ4v) is 2.43. The highest BCUT2D eigenvalue weighted by molar-refractivity contribution is 6.08. The van der Waals surface area contributed by atoms with E-state index in [-0.39, 0.29) is 17.6 Å². The number of amides is 2. The van der Waals surface area contributed by atoms with Crippen LogP contribution in [0.4, 0.5) is 5.69 Å². The van der Waals surface area contributed by atoms with E-state index in [1.165, 1.54) is 12.3 Å². The Morgan fingerprint density at radius 3 is 2.56 bits per heavy atom. The second kappa shape index (κ2) is 7.09. The lowest BCUT2D eigenvalue weighted by Crippen LogP contribution is -2.30. The summed E-state index contributed by atoms with van der Waals surface area (Å²) >= 11 is 0. The Kier molecular flexibility index (Phi) is 4.70. The number of rotatable bonds is 4. The summed E-state index contributed by atoms with van der Waals surface area (Å²) in [5.41, 5.74) is 1.86. The fourth-order valence-electron chi connectivity index (χ4n) is 2.43. The minimum absolute atomic E-state index is 0.0136. The van der Waals surface area contributed by atoms with E-state index in [2.05, 4.69) is 20.6 Å². The molecule has 2 heterocycles. The van der Waals surface area contributed by atoms with Crippen LogP contribution in [0.1, 0.15) is 34.7 Å². The Morgan fingerprint density at radius 2 is 1.76 bits per heavy atom. The van der Waals surface area contributed by atoms with Gasteiger partial charge in [0.2, 0.25) is 0 Å². The lowest BCUT2D eigenvalue weighted by Gasteiger charge is -2.10. The molecule has 0 aliphatic carbocycles. The Labute approximate surface area is 145 Å². The molecule has 2 aromatic heterocycles. The van der Waals surface area contributed by atoms with Crippen molar-refractivity contribution in [3.05, 3.63) is 66.1 Å². The highest BCUT2D eigenvalue weighted by atomic mass is 16.2. The molecule has 3 aromatic rings. The Hall–Kier alpha value is -3.28. The summed E-state index contributed by atoms with van der Waals surface area (Å²) < 4.78 is 0. The maximum atomic E-state index is 12.5. The molecule has 6 nitrogen and oxygen atoms in total. The molecule has 0 fully saturated rings. The van der Waals surface area contributed by atoms with Gasteiger partial charge in [0.25, 0.3) is 11.8 Å². The molecule has 2 N–H and O–H groups in total. The Balaban J connectivity index is 1.85. The first kappa shape index (κ1) is 16.6. The number of carbonyl (C=O) groups is 2. The smallest absolute Gasteiger partial charge is 0.274 e. The molecule has 0 aliphatic heterocycles. The first-order valence-corrected chi connectivity index (χ1v) is 7.96. The summed E-state index contributed by atoms with van der Waals surface area (Å²) in [6.07, 6.45) is 3.12. The second-order valence-electron chi connectivity index (χ2n) is 5.89. The summed E-state index contributed by atoms with van der Waals surface area (Å²) in [4.78, 5) is 33.0. The molecule has 0 spiro atoms. The van der Waals surface area contributed by atoms with Gasteiger partial charge in [0.1, 0.15) is 5.69 Å². The molecule has 0 aliphatic rings. The molecule has 0 saturated heterocycles. The van der Waals surface area contributed by atoms with Crippen LogP contribution in [-0.4, -0.2) is 27.8 Å². The third-order valence-electron chi connectivity index (χ3n) is 3.56. The number of benzene rings is 1. The molecule has 126 valence electrons. The van der Waals surface area contributed by atoms with Gasteiger partial charge in [-0.3, -0.25) is 19.6 Å². The monoisotopic (exact) mass is 334 g/mol. The number of carbonyl (C=O) groups excluding carboxylic acids is 2. The van der Waals surface area contributed by atoms with Crippen molar-refractivity contribution in [1.82, 2.24) is 15.3 Å². The predicted octanol–water partition coefficient (Wildman–Crippen LogP) is 3.02. The molecule has 25 heavy (non-hydrogen) atoms. The van der Waals surface area contributed by atoms with Gasteiger partial charge in [0, 0.05) is 29.4 Å². The molecular formula is C19H18N4O2. The molecule has 0 bridgehead atoms. The van der Waals surface area contributed by atoms with Crippen molar-refractivity contribution in [2.75, 3.05) is 5.32 Å². The third-order valence-corrected chi connectivity index (χ3v) is 3.56. The van der Waals surface area contributed by atoms with Crippen molar-refractivity contribution < 1.29 is 9.59 Å². The van der Waals surface area contributed by atoms with Gasteiger partial charge < -0.3 is 10.6 Å². The predicted molar refractivity (Wildman–Crippen MR) is 96.5 cm³/mol. The summed E-state index contributed by atoms with van der Waals surface area (Å²) in [6.45, 7) is 3.75. The van der Waals surface area contributed by atoms with Gasteiger partial charge in [-0.25, -0.2) is 0 Å². The quantitative estimate of drug-likeness (QED) is 0.768. The van der Waals surface area contributed by atoms with Crippen LogP contribution in [0, 0.1) is 0 Å². The maximum absolute atomic E-state index is 12.5. The van der Waals surface area contributed by atoms with Crippen LogP contribution < -0.4 is 10.6 Å².